The number of aliphatic hydroxyl groups excluding tert-OH is 1. The largest absolute Gasteiger partial charge is 0.396 e. The Morgan fingerprint density at radius 1 is 1.00 bits per heavy atom. The molecule has 4 heteroatoms. The lowest BCUT2D eigenvalue weighted by Crippen LogP contribution is -2.53. The third-order valence-electron chi connectivity index (χ3n) is 5.06. The maximum Gasteiger partial charge on any atom is 0.0446 e. The standard InChI is InChI=1S/C21H29N3O/c25-16-10-21-18-23(17-20-8-11-22-12-9-20)14-15-24(21)13-4-7-19-5-2-1-3-6-19/h1-3,5-6,8-9,11-12,21,25H,4,7,10,13-18H2/t21-/m0/s1. The molecule has 1 aliphatic rings. The summed E-state index contributed by atoms with van der Waals surface area (Å²) in [5.41, 5.74) is 2.73. The van der Waals surface area contributed by atoms with Crippen LogP contribution in [-0.4, -0.2) is 58.7 Å². The summed E-state index contributed by atoms with van der Waals surface area (Å²) in [7, 11) is 0. The quantitative estimate of drug-likeness (QED) is 0.802. The molecule has 1 fully saturated rings. The molecule has 0 amide bonds. The second-order valence-electron chi connectivity index (χ2n) is 6.88. The first-order valence-electron chi connectivity index (χ1n) is 9.35. The lowest BCUT2D eigenvalue weighted by Gasteiger charge is -2.41. The van der Waals surface area contributed by atoms with E-state index >= 15 is 0 Å². The van der Waals surface area contributed by atoms with Gasteiger partial charge in [0.1, 0.15) is 0 Å². The van der Waals surface area contributed by atoms with Crippen molar-refractivity contribution in [2.75, 3.05) is 32.8 Å². The van der Waals surface area contributed by atoms with Gasteiger partial charge in [0.25, 0.3) is 0 Å². The molecule has 0 bridgehead atoms. The van der Waals surface area contributed by atoms with E-state index in [1.54, 1.807) is 0 Å². The Bertz CT molecular complexity index is 605. The van der Waals surface area contributed by atoms with Gasteiger partial charge < -0.3 is 5.11 Å². The minimum Gasteiger partial charge on any atom is -0.396 e. The van der Waals surface area contributed by atoms with Crippen LogP contribution in [-0.2, 0) is 13.0 Å². The molecule has 1 atom stereocenters. The summed E-state index contributed by atoms with van der Waals surface area (Å²) < 4.78 is 0. The number of pyridine rings is 1. The summed E-state index contributed by atoms with van der Waals surface area (Å²) in [5.74, 6) is 0. The van der Waals surface area contributed by atoms with Gasteiger partial charge in [0, 0.05) is 51.2 Å². The zero-order chi connectivity index (χ0) is 17.3. The molecule has 0 saturated carbocycles. The zero-order valence-corrected chi connectivity index (χ0v) is 14.9. The van der Waals surface area contributed by atoms with Crippen LogP contribution in [0.5, 0.6) is 0 Å². The van der Waals surface area contributed by atoms with E-state index in [4.69, 9.17) is 0 Å². The average Bonchev–Trinajstić information content (AvgIpc) is 2.65. The fraction of sp³-hybridized carbons (Fsp3) is 0.476. The molecular weight excluding hydrogens is 310 g/mol. The average molecular weight is 339 g/mol. The monoisotopic (exact) mass is 339 g/mol. The van der Waals surface area contributed by atoms with Crippen LogP contribution in [0, 0.1) is 0 Å². The predicted molar refractivity (Wildman–Crippen MR) is 101 cm³/mol. The molecule has 2 heterocycles. The van der Waals surface area contributed by atoms with Gasteiger partial charge in [-0.3, -0.25) is 14.8 Å². The van der Waals surface area contributed by atoms with E-state index in [0.717, 1.165) is 45.6 Å². The topological polar surface area (TPSA) is 39.6 Å². The van der Waals surface area contributed by atoms with E-state index in [0.29, 0.717) is 6.04 Å². The van der Waals surface area contributed by atoms with Crippen molar-refractivity contribution in [2.24, 2.45) is 0 Å². The van der Waals surface area contributed by atoms with Gasteiger partial charge in [-0.15, -0.1) is 0 Å². The number of piperazine rings is 1. The molecule has 1 aromatic heterocycles. The van der Waals surface area contributed by atoms with Crippen molar-refractivity contribution in [2.45, 2.75) is 31.8 Å². The fourth-order valence-corrected chi connectivity index (χ4v) is 3.70. The smallest absolute Gasteiger partial charge is 0.0446 e. The molecule has 0 spiro atoms. The third kappa shape index (κ3) is 5.63. The summed E-state index contributed by atoms with van der Waals surface area (Å²) >= 11 is 0. The summed E-state index contributed by atoms with van der Waals surface area (Å²) in [4.78, 5) is 9.17. The van der Waals surface area contributed by atoms with E-state index in [-0.39, 0.29) is 6.61 Å². The summed E-state index contributed by atoms with van der Waals surface area (Å²) in [6.07, 6.45) is 6.89. The third-order valence-corrected chi connectivity index (χ3v) is 5.06. The summed E-state index contributed by atoms with van der Waals surface area (Å²) in [6.45, 7) is 5.57. The highest BCUT2D eigenvalue weighted by atomic mass is 16.3. The van der Waals surface area contributed by atoms with Gasteiger partial charge in [0.05, 0.1) is 0 Å². The molecule has 2 aromatic rings. The maximum absolute atomic E-state index is 9.46. The Hall–Kier alpha value is -1.75. The number of hydrogen-bond acceptors (Lipinski definition) is 4. The number of nitrogens with zero attached hydrogens (tertiary/aromatic N) is 3. The molecule has 0 radical (unpaired) electrons. The second kappa shape index (κ2) is 9.66. The highest BCUT2D eigenvalue weighted by molar-refractivity contribution is 5.14. The molecular formula is C21H29N3O. The normalized spacial score (nSPS) is 19.2. The molecule has 1 saturated heterocycles. The van der Waals surface area contributed by atoms with E-state index in [1.165, 1.54) is 17.5 Å². The first-order valence-corrected chi connectivity index (χ1v) is 9.35. The lowest BCUT2D eigenvalue weighted by atomic mass is 10.1. The summed E-state index contributed by atoms with van der Waals surface area (Å²) in [5, 5.41) is 9.46. The minimum absolute atomic E-state index is 0.267. The van der Waals surface area contributed by atoms with E-state index < -0.39 is 0 Å². The van der Waals surface area contributed by atoms with Crippen LogP contribution in [0.3, 0.4) is 0 Å². The molecule has 25 heavy (non-hydrogen) atoms. The van der Waals surface area contributed by atoms with Crippen LogP contribution in [0.4, 0.5) is 0 Å². The van der Waals surface area contributed by atoms with Crippen molar-refractivity contribution in [1.29, 1.82) is 0 Å². The van der Waals surface area contributed by atoms with Gasteiger partial charge >= 0.3 is 0 Å². The van der Waals surface area contributed by atoms with Crippen LogP contribution in [0.2, 0.25) is 0 Å². The predicted octanol–water partition coefficient (Wildman–Crippen LogP) is 2.58. The number of aliphatic hydroxyl groups is 1. The van der Waals surface area contributed by atoms with Crippen molar-refractivity contribution in [3.05, 3.63) is 66.0 Å². The van der Waals surface area contributed by atoms with Crippen LogP contribution in [0.1, 0.15) is 24.0 Å². The summed E-state index contributed by atoms with van der Waals surface area (Å²) in [6, 6.07) is 15.3. The number of aryl methyl sites for hydroxylation is 1. The number of rotatable bonds is 8. The first kappa shape index (κ1) is 18.1. The van der Waals surface area contributed by atoms with Gasteiger partial charge in [0.15, 0.2) is 0 Å². The van der Waals surface area contributed by atoms with Gasteiger partial charge in [-0.05, 0) is 49.1 Å². The Morgan fingerprint density at radius 3 is 2.56 bits per heavy atom. The zero-order valence-electron chi connectivity index (χ0n) is 14.9. The fourth-order valence-electron chi connectivity index (χ4n) is 3.70. The molecule has 0 unspecified atom stereocenters. The maximum atomic E-state index is 9.46. The molecule has 134 valence electrons. The van der Waals surface area contributed by atoms with E-state index in [2.05, 4.69) is 57.2 Å². The van der Waals surface area contributed by atoms with Crippen LogP contribution in [0.25, 0.3) is 0 Å². The van der Waals surface area contributed by atoms with Crippen molar-refractivity contribution in [3.8, 4) is 0 Å². The van der Waals surface area contributed by atoms with Crippen molar-refractivity contribution < 1.29 is 5.11 Å². The van der Waals surface area contributed by atoms with Crippen LogP contribution < -0.4 is 0 Å². The first-order chi connectivity index (χ1) is 12.3. The SMILES string of the molecule is OCC[C@H]1CN(Cc2ccncc2)CCN1CCCc1ccccc1. The molecule has 1 aromatic carbocycles. The van der Waals surface area contributed by atoms with Gasteiger partial charge in [0.2, 0.25) is 0 Å². The molecule has 1 N–H and O–H groups in total. The van der Waals surface area contributed by atoms with E-state index in [1.807, 2.05) is 12.4 Å². The Kier molecular flexibility index (Phi) is 6.98. The Labute approximate surface area is 151 Å². The van der Waals surface area contributed by atoms with Crippen LogP contribution in [0.15, 0.2) is 54.9 Å². The van der Waals surface area contributed by atoms with Crippen molar-refractivity contribution in [1.82, 2.24) is 14.8 Å². The number of hydrogen-bond donors (Lipinski definition) is 1. The highest BCUT2D eigenvalue weighted by Gasteiger charge is 2.26. The Balaban J connectivity index is 1.49. The van der Waals surface area contributed by atoms with E-state index in [9.17, 15) is 5.11 Å². The molecule has 4 nitrogen and oxygen atoms in total. The van der Waals surface area contributed by atoms with Gasteiger partial charge in [-0.25, -0.2) is 0 Å². The lowest BCUT2D eigenvalue weighted by molar-refractivity contribution is 0.0547. The minimum atomic E-state index is 0.267. The molecule has 0 aliphatic carbocycles. The molecule has 3 rings (SSSR count). The van der Waals surface area contributed by atoms with Crippen molar-refractivity contribution >= 4 is 0 Å². The Morgan fingerprint density at radius 2 is 1.80 bits per heavy atom. The van der Waals surface area contributed by atoms with Gasteiger partial charge in [-0.1, -0.05) is 30.3 Å². The van der Waals surface area contributed by atoms with Crippen molar-refractivity contribution in [3.63, 3.8) is 0 Å². The molecule has 1 aliphatic heterocycles. The number of aromatic nitrogens is 1. The highest BCUT2D eigenvalue weighted by Crippen LogP contribution is 2.16. The van der Waals surface area contributed by atoms with Gasteiger partial charge in [-0.2, -0.15) is 0 Å². The second-order valence-corrected chi connectivity index (χ2v) is 6.88. The van der Waals surface area contributed by atoms with Crippen LogP contribution >= 0.6 is 0 Å². The number of benzene rings is 1.